The highest BCUT2D eigenvalue weighted by molar-refractivity contribution is 5.07. The van der Waals surface area contributed by atoms with E-state index in [2.05, 4.69) is 20.2 Å². The molecular formula is C11H16N6O. The molecule has 2 aromatic rings. The zero-order chi connectivity index (χ0) is 12.6. The zero-order valence-electron chi connectivity index (χ0n) is 10.3. The molecule has 1 aliphatic carbocycles. The average molecular weight is 248 g/mol. The highest BCUT2D eigenvalue weighted by Gasteiger charge is 2.36. The first-order chi connectivity index (χ1) is 8.69. The van der Waals surface area contributed by atoms with Crippen molar-refractivity contribution in [3.63, 3.8) is 0 Å². The Labute approximate surface area is 104 Å². The Bertz CT molecular complexity index is 513. The van der Waals surface area contributed by atoms with E-state index < -0.39 is 5.54 Å². The van der Waals surface area contributed by atoms with Crippen LogP contribution in [0.4, 0.5) is 0 Å². The summed E-state index contributed by atoms with van der Waals surface area (Å²) in [5.41, 5.74) is 5.88. The highest BCUT2D eigenvalue weighted by Crippen LogP contribution is 2.35. The third kappa shape index (κ3) is 1.80. The summed E-state index contributed by atoms with van der Waals surface area (Å²) < 4.78 is 6.97. The molecule has 1 saturated carbocycles. The molecule has 1 fully saturated rings. The van der Waals surface area contributed by atoms with E-state index in [1.54, 1.807) is 11.0 Å². The van der Waals surface area contributed by atoms with Crippen molar-refractivity contribution in [3.05, 3.63) is 24.4 Å². The van der Waals surface area contributed by atoms with E-state index in [4.69, 9.17) is 10.3 Å². The van der Waals surface area contributed by atoms with Crippen molar-refractivity contribution >= 4 is 0 Å². The van der Waals surface area contributed by atoms with Crippen LogP contribution < -0.4 is 5.73 Å². The van der Waals surface area contributed by atoms with Crippen LogP contribution in [0.3, 0.4) is 0 Å². The van der Waals surface area contributed by atoms with Crippen molar-refractivity contribution in [1.82, 2.24) is 24.9 Å². The van der Waals surface area contributed by atoms with Gasteiger partial charge in [-0.05, 0) is 19.8 Å². The van der Waals surface area contributed by atoms with E-state index in [-0.39, 0.29) is 6.04 Å². The van der Waals surface area contributed by atoms with E-state index in [0.29, 0.717) is 11.7 Å². The molecule has 1 aliphatic rings. The number of hydrogen-bond donors (Lipinski definition) is 1. The van der Waals surface area contributed by atoms with E-state index >= 15 is 0 Å². The van der Waals surface area contributed by atoms with Crippen molar-refractivity contribution < 1.29 is 4.52 Å². The maximum absolute atomic E-state index is 6.29. The number of nitrogens with two attached hydrogens (primary N) is 1. The smallest absolute Gasteiger partial charge is 0.251 e. The number of hydrogen-bond acceptors (Lipinski definition) is 6. The summed E-state index contributed by atoms with van der Waals surface area (Å²) in [6, 6.07) is -0.126. The molecule has 0 amide bonds. The second-order valence-electron chi connectivity index (χ2n) is 4.87. The maximum Gasteiger partial charge on any atom is 0.251 e. The molecule has 0 bridgehead atoms. The normalized spacial score (nSPS) is 20.1. The zero-order valence-corrected chi connectivity index (χ0v) is 10.3. The van der Waals surface area contributed by atoms with E-state index in [1.807, 2.05) is 6.92 Å². The molecule has 0 spiro atoms. The molecule has 2 aromatic heterocycles. The first kappa shape index (κ1) is 11.3. The van der Waals surface area contributed by atoms with Crippen LogP contribution in [0.2, 0.25) is 0 Å². The summed E-state index contributed by atoms with van der Waals surface area (Å²) in [4.78, 5) is 8.33. The SMILES string of the molecule is CC(c1nc(C2(N)CCCC2)no1)n1cncn1. The van der Waals surface area contributed by atoms with Crippen molar-refractivity contribution in [2.24, 2.45) is 5.73 Å². The Morgan fingerprint density at radius 1 is 1.44 bits per heavy atom. The van der Waals surface area contributed by atoms with Gasteiger partial charge in [0.25, 0.3) is 5.89 Å². The van der Waals surface area contributed by atoms with Crippen LogP contribution >= 0.6 is 0 Å². The van der Waals surface area contributed by atoms with Gasteiger partial charge in [-0.3, -0.25) is 0 Å². The predicted octanol–water partition coefficient (Wildman–Crippen LogP) is 0.998. The Morgan fingerprint density at radius 3 is 2.89 bits per heavy atom. The van der Waals surface area contributed by atoms with Gasteiger partial charge in [0, 0.05) is 0 Å². The first-order valence-electron chi connectivity index (χ1n) is 6.16. The van der Waals surface area contributed by atoms with Gasteiger partial charge in [-0.15, -0.1) is 0 Å². The summed E-state index contributed by atoms with van der Waals surface area (Å²) in [6.45, 7) is 1.93. The monoisotopic (exact) mass is 248 g/mol. The van der Waals surface area contributed by atoms with Crippen molar-refractivity contribution in [2.45, 2.75) is 44.2 Å². The molecule has 7 heteroatoms. The molecular weight excluding hydrogens is 232 g/mol. The maximum atomic E-state index is 6.29. The minimum atomic E-state index is -0.413. The number of rotatable bonds is 3. The molecule has 0 aromatic carbocycles. The lowest BCUT2D eigenvalue weighted by Gasteiger charge is -2.17. The molecule has 0 saturated heterocycles. The fourth-order valence-electron chi connectivity index (χ4n) is 2.37. The van der Waals surface area contributed by atoms with Gasteiger partial charge in [0.2, 0.25) is 0 Å². The summed E-state index contributed by atoms with van der Waals surface area (Å²) in [7, 11) is 0. The Hall–Kier alpha value is -1.76. The minimum absolute atomic E-state index is 0.126. The largest absolute Gasteiger partial charge is 0.337 e. The van der Waals surface area contributed by atoms with Gasteiger partial charge in [-0.1, -0.05) is 18.0 Å². The lowest BCUT2D eigenvalue weighted by Crippen LogP contribution is -2.34. The Kier molecular flexibility index (Phi) is 2.62. The average Bonchev–Trinajstić information content (AvgIpc) is 3.10. The van der Waals surface area contributed by atoms with Gasteiger partial charge in [0.05, 0.1) is 5.54 Å². The summed E-state index contributed by atoms with van der Waals surface area (Å²) in [5.74, 6) is 1.13. The van der Waals surface area contributed by atoms with E-state index in [1.165, 1.54) is 6.33 Å². The second-order valence-corrected chi connectivity index (χ2v) is 4.87. The van der Waals surface area contributed by atoms with Crippen LogP contribution in [0.15, 0.2) is 17.2 Å². The van der Waals surface area contributed by atoms with Crippen molar-refractivity contribution in [2.75, 3.05) is 0 Å². The standard InChI is InChI=1S/C11H16N6O/c1-8(17-7-13-6-14-17)9-15-10(16-18-9)11(12)4-2-3-5-11/h6-8H,2-5,12H2,1H3. The lowest BCUT2D eigenvalue weighted by molar-refractivity contribution is 0.322. The number of aromatic nitrogens is 5. The second kappa shape index (κ2) is 4.16. The molecule has 1 unspecified atom stereocenters. The molecule has 3 rings (SSSR count). The third-order valence-corrected chi connectivity index (χ3v) is 3.57. The minimum Gasteiger partial charge on any atom is -0.337 e. The third-order valence-electron chi connectivity index (χ3n) is 3.57. The molecule has 0 aliphatic heterocycles. The van der Waals surface area contributed by atoms with Crippen molar-refractivity contribution in [1.29, 1.82) is 0 Å². The summed E-state index contributed by atoms with van der Waals surface area (Å²) in [6.07, 6.45) is 7.20. The summed E-state index contributed by atoms with van der Waals surface area (Å²) >= 11 is 0. The number of nitrogens with zero attached hydrogens (tertiary/aromatic N) is 5. The fraction of sp³-hybridized carbons (Fsp3) is 0.636. The van der Waals surface area contributed by atoms with Crippen molar-refractivity contribution in [3.8, 4) is 0 Å². The van der Waals surface area contributed by atoms with Crippen LogP contribution in [-0.4, -0.2) is 24.9 Å². The fourth-order valence-corrected chi connectivity index (χ4v) is 2.37. The van der Waals surface area contributed by atoms with Gasteiger partial charge in [-0.2, -0.15) is 10.1 Å². The van der Waals surface area contributed by atoms with E-state index in [0.717, 1.165) is 25.7 Å². The molecule has 2 heterocycles. The van der Waals surface area contributed by atoms with Gasteiger partial charge >= 0.3 is 0 Å². The highest BCUT2D eigenvalue weighted by atomic mass is 16.5. The van der Waals surface area contributed by atoms with E-state index in [9.17, 15) is 0 Å². The van der Waals surface area contributed by atoms with Crippen LogP contribution in [0.25, 0.3) is 0 Å². The molecule has 18 heavy (non-hydrogen) atoms. The van der Waals surface area contributed by atoms with Gasteiger partial charge in [0.1, 0.15) is 18.7 Å². The summed E-state index contributed by atoms with van der Waals surface area (Å²) in [5, 5.41) is 8.09. The van der Waals surface area contributed by atoms with Crippen LogP contribution in [0.5, 0.6) is 0 Å². The Balaban J connectivity index is 1.85. The van der Waals surface area contributed by atoms with Crippen LogP contribution in [-0.2, 0) is 5.54 Å². The predicted molar refractivity (Wildman–Crippen MR) is 62.5 cm³/mol. The topological polar surface area (TPSA) is 95.7 Å². The van der Waals surface area contributed by atoms with Gasteiger partial charge < -0.3 is 10.3 Å². The van der Waals surface area contributed by atoms with Gasteiger partial charge in [-0.25, -0.2) is 9.67 Å². The molecule has 1 atom stereocenters. The van der Waals surface area contributed by atoms with Gasteiger partial charge in [0.15, 0.2) is 5.82 Å². The first-order valence-corrected chi connectivity index (χ1v) is 6.16. The van der Waals surface area contributed by atoms with Crippen LogP contribution in [0.1, 0.15) is 50.4 Å². The molecule has 0 radical (unpaired) electrons. The lowest BCUT2D eigenvalue weighted by atomic mass is 9.99. The Morgan fingerprint density at radius 2 is 2.22 bits per heavy atom. The molecule has 7 nitrogen and oxygen atoms in total. The molecule has 2 N–H and O–H groups in total. The van der Waals surface area contributed by atoms with Crippen LogP contribution in [0, 0.1) is 0 Å². The molecule has 96 valence electrons. The quantitative estimate of drug-likeness (QED) is 0.870.